The fraction of sp³-hybridized carbons (Fsp3) is 0.842. The van der Waals surface area contributed by atoms with Crippen molar-refractivity contribution < 1.29 is 9.59 Å². The first-order valence-electron chi connectivity index (χ1n) is 8.93. The molecule has 0 bridgehead atoms. The van der Waals surface area contributed by atoms with Gasteiger partial charge in [0.2, 0.25) is 0 Å². The van der Waals surface area contributed by atoms with Crippen LogP contribution in [0.25, 0.3) is 0 Å². The number of hydrogen-bond acceptors (Lipinski definition) is 2. The van der Waals surface area contributed by atoms with Crippen molar-refractivity contribution in [3.05, 3.63) is 6.92 Å². The van der Waals surface area contributed by atoms with E-state index in [0.717, 1.165) is 56.8 Å². The Kier molecular flexibility index (Phi) is 3.28. The van der Waals surface area contributed by atoms with Crippen molar-refractivity contribution in [2.75, 3.05) is 0 Å². The maximum absolute atomic E-state index is 12.4. The maximum atomic E-state index is 12.4. The molecule has 6 atom stereocenters. The van der Waals surface area contributed by atoms with Crippen LogP contribution < -0.4 is 0 Å². The van der Waals surface area contributed by atoms with Gasteiger partial charge >= 0.3 is 0 Å². The lowest BCUT2D eigenvalue weighted by Gasteiger charge is -2.57. The molecule has 0 spiro atoms. The topological polar surface area (TPSA) is 34.1 Å². The number of carbonyl (C=O) groups excluding carboxylic acids is 2. The second-order valence-electron chi connectivity index (χ2n) is 8.11. The Morgan fingerprint density at radius 2 is 1.76 bits per heavy atom. The van der Waals surface area contributed by atoms with Crippen molar-refractivity contribution in [1.82, 2.24) is 0 Å². The minimum absolute atomic E-state index is 0.332. The summed E-state index contributed by atoms with van der Waals surface area (Å²) in [6.07, 6.45) is 10.0. The molecule has 0 aromatic rings. The van der Waals surface area contributed by atoms with Crippen LogP contribution in [0.15, 0.2) is 0 Å². The normalized spacial score (nSPS) is 50.0. The van der Waals surface area contributed by atoms with E-state index in [4.69, 9.17) is 6.92 Å². The Balaban J connectivity index is 1.59. The molecule has 0 heterocycles. The second kappa shape index (κ2) is 4.93. The molecule has 4 saturated carbocycles. The summed E-state index contributed by atoms with van der Waals surface area (Å²) < 4.78 is 0. The molecule has 0 aliphatic heterocycles. The first-order valence-corrected chi connectivity index (χ1v) is 8.93. The SMILES string of the molecule is [CH][C@]12CC[C@H]3[C@@H](CC[C@@H]4CC(=O)CC[C@@H]43)[C@@H]1CCCC2=O. The average molecular weight is 286 g/mol. The third-order valence-corrected chi connectivity index (χ3v) is 7.33. The van der Waals surface area contributed by atoms with E-state index in [2.05, 4.69) is 0 Å². The van der Waals surface area contributed by atoms with Crippen LogP contribution in [-0.4, -0.2) is 11.6 Å². The van der Waals surface area contributed by atoms with Crippen LogP contribution in [0.5, 0.6) is 0 Å². The molecule has 0 aromatic carbocycles. The van der Waals surface area contributed by atoms with Crippen molar-refractivity contribution in [2.24, 2.45) is 35.0 Å². The second-order valence-corrected chi connectivity index (χ2v) is 8.11. The lowest BCUT2D eigenvalue weighted by atomic mass is 9.47. The molecular weight excluding hydrogens is 260 g/mol. The highest BCUT2D eigenvalue weighted by Gasteiger charge is 2.55. The van der Waals surface area contributed by atoms with Gasteiger partial charge in [0.05, 0.1) is 0 Å². The minimum Gasteiger partial charge on any atom is -0.300 e. The van der Waals surface area contributed by atoms with E-state index in [1.165, 1.54) is 12.8 Å². The smallest absolute Gasteiger partial charge is 0.139 e. The van der Waals surface area contributed by atoms with Gasteiger partial charge in [-0.2, -0.15) is 0 Å². The summed E-state index contributed by atoms with van der Waals surface area (Å²) >= 11 is 0. The molecule has 0 N–H and O–H groups in total. The van der Waals surface area contributed by atoms with Crippen molar-refractivity contribution in [3.8, 4) is 0 Å². The third kappa shape index (κ3) is 2.04. The summed E-state index contributed by atoms with van der Waals surface area (Å²) in [6.45, 7) is 6.60. The van der Waals surface area contributed by atoms with Gasteiger partial charge in [0.15, 0.2) is 0 Å². The molecule has 0 amide bonds. The Morgan fingerprint density at radius 1 is 0.905 bits per heavy atom. The van der Waals surface area contributed by atoms with Crippen LogP contribution >= 0.6 is 0 Å². The zero-order chi connectivity index (χ0) is 14.6. The molecule has 4 fully saturated rings. The summed E-state index contributed by atoms with van der Waals surface area (Å²) in [5, 5.41) is 0. The monoisotopic (exact) mass is 286 g/mol. The molecule has 2 nitrogen and oxygen atoms in total. The van der Waals surface area contributed by atoms with E-state index < -0.39 is 5.41 Å². The van der Waals surface area contributed by atoms with Gasteiger partial charge in [0, 0.05) is 24.7 Å². The predicted octanol–water partition coefficient (Wildman–Crippen LogP) is 3.86. The quantitative estimate of drug-likeness (QED) is 0.677. The summed E-state index contributed by atoms with van der Waals surface area (Å²) in [6, 6.07) is 0. The Labute approximate surface area is 128 Å². The average Bonchev–Trinajstić information content (AvgIpc) is 2.48. The van der Waals surface area contributed by atoms with E-state index in [1.807, 2.05) is 0 Å². The number of ketones is 2. The van der Waals surface area contributed by atoms with Crippen LogP contribution in [0.1, 0.15) is 64.2 Å². The molecular formula is C19H26O2. The van der Waals surface area contributed by atoms with Gasteiger partial charge in [-0.3, -0.25) is 9.59 Å². The van der Waals surface area contributed by atoms with Gasteiger partial charge in [-0.05, 0) is 81.5 Å². The van der Waals surface area contributed by atoms with Crippen molar-refractivity contribution in [2.45, 2.75) is 64.2 Å². The first kappa shape index (κ1) is 14.0. The van der Waals surface area contributed by atoms with Gasteiger partial charge in [0.25, 0.3) is 0 Å². The zero-order valence-electron chi connectivity index (χ0n) is 12.9. The molecule has 0 aromatic heterocycles. The number of hydrogen-bond donors (Lipinski definition) is 0. The molecule has 4 aliphatic carbocycles. The number of Topliss-reactive ketones (excluding diaryl/α,β-unsaturated/α-hetero) is 2. The summed E-state index contributed by atoms with van der Waals surface area (Å²) in [5.74, 6) is 4.01. The van der Waals surface area contributed by atoms with E-state index in [-0.39, 0.29) is 0 Å². The lowest BCUT2D eigenvalue weighted by Crippen LogP contribution is -2.53. The molecule has 2 radical (unpaired) electrons. The minimum atomic E-state index is -0.503. The molecule has 0 saturated heterocycles. The van der Waals surface area contributed by atoms with Gasteiger partial charge in [-0.15, -0.1) is 0 Å². The van der Waals surface area contributed by atoms with E-state index in [1.54, 1.807) is 0 Å². The fourth-order valence-electron chi connectivity index (χ4n) is 6.36. The van der Waals surface area contributed by atoms with Crippen molar-refractivity contribution >= 4 is 11.6 Å². The van der Waals surface area contributed by atoms with Gasteiger partial charge in [0.1, 0.15) is 11.6 Å². The fourth-order valence-corrected chi connectivity index (χ4v) is 6.36. The molecule has 114 valence electrons. The van der Waals surface area contributed by atoms with E-state index in [0.29, 0.717) is 35.7 Å². The van der Waals surface area contributed by atoms with Crippen LogP contribution in [0.3, 0.4) is 0 Å². The largest absolute Gasteiger partial charge is 0.300 e. The molecule has 2 heteroatoms. The van der Waals surface area contributed by atoms with Crippen LogP contribution in [-0.2, 0) is 9.59 Å². The van der Waals surface area contributed by atoms with E-state index in [9.17, 15) is 9.59 Å². The predicted molar refractivity (Wildman–Crippen MR) is 80.4 cm³/mol. The first-order chi connectivity index (χ1) is 10.1. The Morgan fingerprint density at radius 3 is 2.62 bits per heavy atom. The highest BCUT2D eigenvalue weighted by Crippen LogP contribution is 2.60. The molecule has 4 rings (SSSR count). The zero-order valence-corrected chi connectivity index (χ0v) is 12.9. The van der Waals surface area contributed by atoms with Crippen LogP contribution in [0.4, 0.5) is 0 Å². The number of fused-ring (bicyclic) bond motifs is 5. The van der Waals surface area contributed by atoms with Gasteiger partial charge in [-0.25, -0.2) is 0 Å². The Bertz CT molecular complexity index is 468. The highest BCUT2D eigenvalue weighted by molar-refractivity contribution is 5.86. The van der Waals surface area contributed by atoms with Crippen molar-refractivity contribution in [3.63, 3.8) is 0 Å². The maximum Gasteiger partial charge on any atom is 0.139 e. The van der Waals surface area contributed by atoms with E-state index >= 15 is 0 Å². The summed E-state index contributed by atoms with van der Waals surface area (Å²) in [7, 11) is 0. The molecule has 0 unspecified atom stereocenters. The van der Waals surface area contributed by atoms with Crippen LogP contribution in [0.2, 0.25) is 0 Å². The Hall–Kier alpha value is -0.660. The standard InChI is InChI=1S/C19H26O2/c1-19-10-9-15-14-8-6-13(20)11-12(14)5-7-16(15)17(19)3-2-4-18(19)21/h1,12,14-17H,2-11H2/t12-,14+,15-,16-,17+,19+/m1/s1. The summed E-state index contributed by atoms with van der Waals surface area (Å²) in [5.41, 5.74) is -0.503. The molecule has 21 heavy (non-hydrogen) atoms. The van der Waals surface area contributed by atoms with Gasteiger partial charge in [-0.1, -0.05) is 0 Å². The number of rotatable bonds is 0. The highest BCUT2D eigenvalue weighted by atomic mass is 16.1. The van der Waals surface area contributed by atoms with Crippen LogP contribution in [0, 0.1) is 41.9 Å². The number of carbonyl (C=O) groups is 2. The van der Waals surface area contributed by atoms with Crippen molar-refractivity contribution in [1.29, 1.82) is 0 Å². The lowest BCUT2D eigenvalue weighted by molar-refractivity contribution is -0.144. The molecule has 4 aliphatic rings. The third-order valence-electron chi connectivity index (χ3n) is 7.33. The summed E-state index contributed by atoms with van der Waals surface area (Å²) in [4.78, 5) is 24.1. The van der Waals surface area contributed by atoms with Gasteiger partial charge < -0.3 is 0 Å².